The molecule has 2 saturated carbocycles. The fourth-order valence-corrected chi connectivity index (χ4v) is 7.18. The highest BCUT2D eigenvalue weighted by Gasteiger charge is 2.60. The van der Waals surface area contributed by atoms with E-state index in [0.717, 1.165) is 49.4 Å². The Labute approximate surface area is 311 Å². The van der Waals surface area contributed by atoms with Crippen molar-refractivity contribution in [3.05, 3.63) is 71.8 Å². The number of likely N-dealkylation sites (tertiary alicyclic amines) is 2. The normalized spacial score (nSPS) is 21.2. The van der Waals surface area contributed by atoms with Gasteiger partial charge in [0.2, 0.25) is 0 Å². The Kier molecular flexibility index (Phi) is 13.3. The maximum Gasteiger partial charge on any atom is 0.410 e. The average Bonchev–Trinajstić information content (AvgIpc) is 3.99. The number of rotatable bonds is 5. The van der Waals surface area contributed by atoms with Gasteiger partial charge in [-0.1, -0.05) is 76.6 Å². The van der Waals surface area contributed by atoms with Crippen molar-refractivity contribution < 1.29 is 38.5 Å². The lowest BCUT2D eigenvalue weighted by Crippen LogP contribution is -2.42. The second-order valence-electron chi connectivity index (χ2n) is 16.2. The summed E-state index contributed by atoms with van der Waals surface area (Å²) in [5, 5.41) is 9.95. The third-order valence-electron chi connectivity index (χ3n) is 10.0. The van der Waals surface area contributed by atoms with Crippen molar-refractivity contribution in [2.24, 2.45) is 22.7 Å². The molecule has 0 aromatic heterocycles. The molecule has 2 aliphatic carbocycles. The van der Waals surface area contributed by atoms with Crippen molar-refractivity contribution in [3.8, 4) is 0 Å². The molecule has 2 aromatic carbocycles. The number of carbonyl (C=O) groups excluding carboxylic acids is 3. The number of ether oxygens (including phenoxy) is 3. The van der Waals surface area contributed by atoms with E-state index in [2.05, 4.69) is 28.1 Å². The topological polar surface area (TPSA) is 123 Å². The number of nitrogens with zero attached hydrogens (tertiary/aromatic N) is 2. The number of hydrogen-bond donors (Lipinski definition) is 1. The van der Waals surface area contributed by atoms with Gasteiger partial charge in [-0.2, -0.15) is 0 Å². The van der Waals surface area contributed by atoms with Crippen LogP contribution in [0.4, 0.5) is 9.59 Å². The van der Waals surface area contributed by atoms with Crippen LogP contribution in [0.1, 0.15) is 91.2 Å². The number of benzene rings is 2. The maximum atomic E-state index is 12.3. The van der Waals surface area contributed by atoms with E-state index in [4.69, 9.17) is 19.3 Å². The van der Waals surface area contributed by atoms with Crippen LogP contribution in [0.15, 0.2) is 60.7 Å². The molecule has 2 atom stereocenters. The van der Waals surface area contributed by atoms with E-state index in [1.165, 1.54) is 5.56 Å². The van der Waals surface area contributed by atoms with Gasteiger partial charge in [-0.05, 0) is 102 Å². The molecule has 6 rings (SSSR count). The van der Waals surface area contributed by atoms with Crippen LogP contribution in [0, 0.1) is 22.7 Å². The van der Waals surface area contributed by atoms with E-state index in [0.29, 0.717) is 32.8 Å². The quantitative estimate of drug-likeness (QED) is 0.183. The molecule has 2 aliphatic heterocycles. The smallest absolute Gasteiger partial charge is 0.410 e. The summed E-state index contributed by atoms with van der Waals surface area (Å²) in [6.07, 6.45) is 4.35. The van der Waals surface area contributed by atoms with Crippen LogP contribution in [-0.4, -0.2) is 76.4 Å². The lowest BCUT2D eigenvalue weighted by molar-refractivity contribution is -0.148. The first-order chi connectivity index (χ1) is 24.0. The van der Waals surface area contributed by atoms with Crippen molar-refractivity contribution in [3.63, 3.8) is 0 Å². The van der Waals surface area contributed by atoms with Gasteiger partial charge in [0, 0.05) is 31.5 Å². The Morgan fingerprint density at radius 1 is 0.686 bits per heavy atom. The summed E-state index contributed by atoms with van der Waals surface area (Å²) in [6.45, 7) is 14.0. The molecule has 10 nitrogen and oxygen atoms in total. The molecule has 11 heteroatoms. The first-order valence-electron chi connectivity index (χ1n) is 17.9. The largest absolute Gasteiger partial charge is 0.481 e. The number of esters is 1. The molecule has 2 spiro atoms. The molecule has 0 radical (unpaired) electrons. The van der Waals surface area contributed by atoms with Crippen LogP contribution < -0.4 is 0 Å². The Morgan fingerprint density at radius 3 is 1.43 bits per heavy atom. The lowest BCUT2D eigenvalue weighted by Gasteiger charge is -2.34. The van der Waals surface area contributed by atoms with Crippen LogP contribution in [0.2, 0.25) is 0 Å². The number of alkyl halides is 1. The monoisotopic (exact) mass is 770 g/mol. The minimum Gasteiger partial charge on any atom is -0.481 e. The average molecular weight is 772 g/mol. The van der Waals surface area contributed by atoms with Crippen molar-refractivity contribution in [2.75, 3.05) is 26.2 Å². The van der Waals surface area contributed by atoms with Crippen LogP contribution in [0.5, 0.6) is 0 Å². The zero-order chi connectivity index (χ0) is 37.5. The minimum atomic E-state index is -0.694. The first-order valence-corrected chi connectivity index (χ1v) is 19.1. The Balaban J connectivity index is 0.000000194. The number of piperidine rings is 2. The SMILES string of the molecule is BrCc1ccccc1.CC(C)(C)OC(=O)N1CCC2(CC1)CC2C(=O)O.CC(C)(C)OC(=O)N1CCC2(CC1)CC2C(=O)OCc1ccccc1. The summed E-state index contributed by atoms with van der Waals surface area (Å²) in [7, 11) is 0. The Bertz CT molecular complexity index is 1470. The molecule has 2 saturated heterocycles. The number of carboxylic acid groups (broad SMARTS) is 1. The highest BCUT2D eigenvalue weighted by molar-refractivity contribution is 9.08. The molecule has 2 unspecified atom stereocenters. The van der Waals surface area contributed by atoms with E-state index < -0.39 is 17.2 Å². The van der Waals surface area contributed by atoms with Gasteiger partial charge in [0.15, 0.2) is 0 Å². The lowest BCUT2D eigenvalue weighted by atomic mass is 9.91. The van der Waals surface area contributed by atoms with Gasteiger partial charge in [0.1, 0.15) is 17.8 Å². The van der Waals surface area contributed by atoms with Crippen molar-refractivity contribution >= 4 is 40.1 Å². The van der Waals surface area contributed by atoms with Crippen molar-refractivity contribution in [1.29, 1.82) is 0 Å². The van der Waals surface area contributed by atoms with Gasteiger partial charge < -0.3 is 29.1 Å². The predicted molar refractivity (Wildman–Crippen MR) is 198 cm³/mol. The molecule has 280 valence electrons. The second kappa shape index (κ2) is 16.8. The van der Waals surface area contributed by atoms with Gasteiger partial charge in [-0.3, -0.25) is 9.59 Å². The highest BCUT2D eigenvalue weighted by Crippen LogP contribution is 2.60. The summed E-state index contributed by atoms with van der Waals surface area (Å²) >= 11 is 3.36. The second-order valence-corrected chi connectivity index (χ2v) is 16.8. The van der Waals surface area contributed by atoms with Crippen molar-refractivity contribution in [2.45, 2.75) is 103 Å². The van der Waals surface area contributed by atoms with Crippen molar-refractivity contribution in [1.82, 2.24) is 9.80 Å². The number of amides is 2. The zero-order valence-electron chi connectivity index (χ0n) is 31.0. The molecule has 2 aromatic rings. The fraction of sp³-hybridized carbons (Fsp3) is 0.600. The van der Waals surface area contributed by atoms with Gasteiger partial charge in [0.05, 0.1) is 11.8 Å². The number of aliphatic carboxylic acids is 1. The molecule has 2 heterocycles. The molecule has 2 amide bonds. The summed E-state index contributed by atoms with van der Waals surface area (Å²) in [5.41, 5.74) is 1.37. The number of hydrogen-bond acceptors (Lipinski definition) is 7. The van der Waals surface area contributed by atoms with Crippen LogP contribution in [0.25, 0.3) is 0 Å². The minimum absolute atomic E-state index is 0.0167. The van der Waals surface area contributed by atoms with Crippen LogP contribution >= 0.6 is 15.9 Å². The molecular weight excluding hydrogens is 716 g/mol. The van der Waals surface area contributed by atoms with Gasteiger partial charge >= 0.3 is 24.1 Å². The van der Waals surface area contributed by atoms with Crippen LogP contribution in [-0.2, 0) is 35.7 Å². The highest BCUT2D eigenvalue weighted by atomic mass is 79.9. The molecule has 0 bridgehead atoms. The molecule has 4 fully saturated rings. The molecular formula is C40H55BrN2O8. The standard InChI is InChI=1S/C20H27NO4.C13H21NO4.C7H7Br/c1-19(2,3)25-18(23)21-11-9-20(10-12-21)13-16(20)17(22)24-14-15-7-5-4-6-8-15;1-12(2,3)18-11(17)14-6-4-13(5-7-14)8-9(13)10(15)16;8-6-7-4-2-1-3-5-7/h4-8,16H,9-14H2,1-3H3;9H,4-8H2,1-3H3,(H,15,16);1-5H,6H2. The molecule has 51 heavy (non-hydrogen) atoms. The van der Waals surface area contributed by atoms with E-state index in [-0.39, 0.29) is 40.8 Å². The maximum absolute atomic E-state index is 12.3. The Morgan fingerprint density at radius 2 is 1.08 bits per heavy atom. The zero-order valence-corrected chi connectivity index (χ0v) is 32.6. The number of halogens is 1. The van der Waals surface area contributed by atoms with E-state index in [1.54, 1.807) is 9.80 Å². The number of carboxylic acids is 1. The van der Waals surface area contributed by atoms with Gasteiger partial charge in [-0.25, -0.2) is 9.59 Å². The van der Waals surface area contributed by atoms with E-state index >= 15 is 0 Å². The first kappa shape index (κ1) is 40.2. The van der Waals surface area contributed by atoms with Gasteiger partial charge in [0.25, 0.3) is 0 Å². The summed E-state index contributed by atoms with van der Waals surface area (Å²) < 4.78 is 16.2. The summed E-state index contributed by atoms with van der Waals surface area (Å²) in [4.78, 5) is 50.7. The summed E-state index contributed by atoms with van der Waals surface area (Å²) in [6, 6.07) is 20.0. The third kappa shape index (κ3) is 12.0. The predicted octanol–water partition coefficient (Wildman–Crippen LogP) is 8.46. The summed E-state index contributed by atoms with van der Waals surface area (Å²) in [5.74, 6) is -1.01. The molecule has 4 aliphatic rings. The number of carbonyl (C=O) groups is 4. The van der Waals surface area contributed by atoms with E-state index in [9.17, 15) is 19.2 Å². The van der Waals surface area contributed by atoms with E-state index in [1.807, 2.05) is 90.1 Å². The third-order valence-corrected chi connectivity index (χ3v) is 10.7. The van der Waals surface area contributed by atoms with Crippen LogP contribution in [0.3, 0.4) is 0 Å². The Hall–Kier alpha value is -3.60. The fourth-order valence-electron chi connectivity index (χ4n) is 6.80. The van der Waals surface area contributed by atoms with Gasteiger partial charge in [-0.15, -0.1) is 0 Å². The molecule has 1 N–H and O–H groups in total.